The minimum Gasteiger partial charge on any atom is -0.465 e. The van der Waals surface area contributed by atoms with Crippen LogP contribution in [0.25, 0.3) is 0 Å². The van der Waals surface area contributed by atoms with Crippen molar-refractivity contribution in [3.8, 4) is 0 Å². The summed E-state index contributed by atoms with van der Waals surface area (Å²) in [6.07, 6.45) is 0. The van der Waals surface area contributed by atoms with Crippen molar-refractivity contribution in [2.45, 2.75) is 19.9 Å². The predicted octanol–water partition coefficient (Wildman–Crippen LogP) is 0.234. The van der Waals surface area contributed by atoms with E-state index in [0.29, 0.717) is 17.1 Å². The van der Waals surface area contributed by atoms with Crippen LogP contribution in [0.5, 0.6) is 0 Å². The number of hydrogen-bond acceptors (Lipinski definition) is 3. The first-order valence-corrected chi connectivity index (χ1v) is 4.99. The Kier molecular flexibility index (Phi) is 5.72. The highest BCUT2D eigenvalue weighted by atomic mass is 16.5. The SMILES string of the molecule is COC(=O)C[N+](C)(C)CCNC(C)C. The van der Waals surface area contributed by atoms with Crippen molar-refractivity contribution in [2.24, 2.45) is 0 Å². The topological polar surface area (TPSA) is 38.3 Å². The maximum Gasteiger partial charge on any atom is 0.361 e. The van der Waals surface area contributed by atoms with E-state index in [0.717, 1.165) is 13.1 Å². The van der Waals surface area contributed by atoms with Gasteiger partial charge < -0.3 is 14.5 Å². The van der Waals surface area contributed by atoms with E-state index < -0.39 is 0 Å². The number of rotatable bonds is 6. The molecule has 0 amide bonds. The number of carbonyl (C=O) groups is 1. The van der Waals surface area contributed by atoms with Gasteiger partial charge in [-0.1, -0.05) is 13.8 Å². The Balaban J connectivity index is 3.77. The smallest absolute Gasteiger partial charge is 0.361 e. The van der Waals surface area contributed by atoms with E-state index in [1.165, 1.54) is 7.11 Å². The maximum absolute atomic E-state index is 11.1. The average molecular weight is 203 g/mol. The molecule has 0 aromatic heterocycles. The molecule has 0 fully saturated rings. The first-order valence-electron chi connectivity index (χ1n) is 4.99. The molecule has 0 aliphatic rings. The second kappa shape index (κ2) is 5.98. The van der Waals surface area contributed by atoms with Crippen molar-refractivity contribution in [3.05, 3.63) is 0 Å². The van der Waals surface area contributed by atoms with Crippen molar-refractivity contribution < 1.29 is 14.0 Å². The van der Waals surface area contributed by atoms with E-state index >= 15 is 0 Å². The van der Waals surface area contributed by atoms with E-state index in [1.807, 2.05) is 14.1 Å². The molecular formula is C10H23N2O2+. The van der Waals surface area contributed by atoms with Gasteiger partial charge in [0.1, 0.15) is 0 Å². The van der Waals surface area contributed by atoms with E-state index in [2.05, 4.69) is 23.9 Å². The summed E-state index contributed by atoms with van der Waals surface area (Å²) in [4.78, 5) is 11.1. The zero-order valence-electron chi connectivity index (χ0n) is 9.96. The number of esters is 1. The standard InChI is InChI=1S/C10H23N2O2/c1-9(2)11-6-7-12(3,4)8-10(13)14-5/h9,11H,6-8H2,1-5H3/q+1. The fourth-order valence-electron chi connectivity index (χ4n) is 1.15. The molecule has 1 N–H and O–H groups in total. The Morgan fingerprint density at radius 1 is 1.43 bits per heavy atom. The number of ether oxygens (including phenoxy) is 1. The highest BCUT2D eigenvalue weighted by Gasteiger charge is 2.19. The molecule has 0 heterocycles. The fourth-order valence-corrected chi connectivity index (χ4v) is 1.15. The van der Waals surface area contributed by atoms with Gasteiger partial charge in [-0.3, -0.25) is 0 Å². The number of nitrogens with zero attached hydrogens (tertiary/aromatic N) is 1. The van der Waals surface area contributed by atoms with Gasteiger partial charge in [0.15, 0.2) is 6.54 Å². The predicted molar refractivity (Wildman–Crippen MR) is 57.0 cm³/mol. The van der Waals surface area contributed by atoms with Crippen LogP contribution in [-0.4, -0.2) is 57.3 Å². The minimum atomic E-state index is -0.153. The second-order valence-electron chi connectivity index (χ2n) is 4.50. The van der Waals surface area contributed by atoms with Gasteiger partial charge >= 0.3 is 5.97 Å². The molecule has 4 nitrogen and oxygen atoms in total. The van der Waals surface area contributed by atoms with Crippen LogP contribution in [0.15, 0.2) is 0 Å². The van der Waals surface area contributed by atoms with Gasteiger partial charge in [-0.25, -0.2) is 4.79 Å². The second-order valence-corrected chi connectivity index (χ2v) is 4.50. The zero-order chi connectivity index (χ0) is 11.2. The lowest BCUT2D eigenvalue weighted by atomic mass is 10.3. The maximum atomic E-state index is 11.1. The molecule has 0 bridgehead atoms. The quantitative estimate of drug-likeness (QED) is 0.496. The van der Waals surface area contributed by atoms with Crippen LogP contribution in [-0.2, 0) is 9.53 Å². The highest BCUT2D eigenvalue weighted by Crippen LogP contribution is 1.96. The van der Waals surface area contributed by atoms with E-state index in [1.54, 1.807) is 0 Å². The van der Waals surface area contributed by atoms with Crippen molar-refractivity contribution >= 4 is 5.97 Å². The molecule has 4 heteroatoms. The average Bonchev–Trinajstić information content (AvgIpc) is 2.02. The number of hydrogen-bond donors (Lipinski definition) is 1. The molecule has 0 saturated carbocycles. The third-order valence-electron chi connectivity index (χ3n) is 2.05. The highest BCUT2D eigenvalue weighted by molar-refractivity contribution is 5.70. The molecule has 0 unspecified atom stereocenters. The first kappa shape index (κ1) is 13.4. The Hall–Kier alpha value is -0.610. The zero-order valence-corrected chi connectivity index (χ0v) is 9.96. The van der Waals surface area contributed by atoms with Crippen molar-refractivity contribution in [3.63, 3.8) is 0 Å². The molecule has 0 rings (SSSR count). The van der Waals surface area contributed by atoms with E-state index in [4.69, 9.17) is 0 Å². The fraction of sp³-hybridized carbons (Fsp3) is 0.900. The molecule has 0 radical (unpaired) electrons. The lowest BCUT2D eigenvalue weighted by molar-refractivity contribution is -0.881. The molecule has 0 saturated heterocycles. The summed E-state index contributed by atoms with van der Waals surface area (Å²) in [5.41, 5.74) is 0. The van der Waals surface area contributed by atoms with Crippen LogP contribution < -0.4 is 5.32 Å². The molecule has 0 aliphatic heterocycles. The van der Waals surface area contributed by atoms with Gasteiger partial charge in [-0.05, 0) is 0 Å². The van der Waals surface area contributed by atoms with Crippen LogP contribution in [0.3, 0.4) is 0 Å². The Labute approximate surface area is 86.8 Å². The van der Waals surface area contributed by atoms with Gasteiger partial charge in [0.25, 0.3) is 0 Å². The molecule has 14 heavy (non-hydrogen) atoms. The van der Waals surface area contributed by atoms with Gasteiger partial charge in [0.05, 0.1) is 27.7 Å². The lowest BCUT2D eigenvalue weighted by Crippen LogP contribution is -2.48. The summed E-state index contributed by atoms with van der Waals surface area (Å²) in [5, 5.41) is 3.33. The summed E-state index contributed by atoms with van der Waals surface area (Å²) < 4.78 is 5.30. The Bertz CT molecular complexity index is 179. The summed E-state index contributed by atoms with van der Waals surface area (Å²) >= 11 is 0. The van der Waals surface area contributed by atoms with Gasteiger partial charge in [0.2, 0.25) is 0 Å². The van der Waals surface area contributed by atoms with Crippen LogP contribution in [0.2, 0.25) is 0 Å². The Morgan fingerprint density at radius 2 is 2.00 bits per heavy atom. The normalized spacial score (nSPS) is 11.9. The van der Waals surface area contributed by atoms with Gasteiger partial charge in [-0.2, -0.15) is 0 Å². The van der Waals surface area contributed by atoms with E-state index in [9.17, 15) is 4.79 Å². The van der Waals surface area contributed by atoms with E-state index in [-0.39, 0.29) is 5.97 Å². The summed E-state index contributed by atoms with van der Waals surface area (Å²) in [7, 11) is 5.48. The number of carbonyl (C=O) groups excluding carboxylic acids is 1. The van der Waals surface area contributed by atoms with Crippen LogP contribution >= 0.6 is 0 Å². The van der Waals surface area contributed by atoms with Crippen molar-refractivity contribution in [1.29, 1.82) is 0 Å². The van der Waals surface area contributed by atoms with Gasteiger partial charge in [0, 0.05) is 12.6 Å². The largest absolute Gasteiger partial charge is 0.465 e. The Morgan fingerprint density at radius 3 is 2.43 bits per heavy atom. The summed E-state index contributed by atoms with van der Waals surface area (Å²) in [6, 6.07) is 0.494. The monoisotopic (exact) mass is 203 g/mol. The van der Waals surface area contributed by atoms with Crippen molar-refractivity contribution in [2.75, 3.05) is 40.8 Å². The first-order chi connectivity index (χ1) is 6.37. The number of methoxy groups -OCH3 is 1. The summed E-state index contributed by atoms with van der Waals surface area (Å²) in [6.45, 7) is 6.49. The molecule has 0 aliphatic carbocycles. The molecular weight excluding hydrogens is 180 g/mol. The third-order valence-corrected chi connectivity index (χ3v) is 2.05. The minimum absolute atomic E-state index is 0.153. The number of quaternary nitrogens is 1. The summed E-state index contributed by atoms with van der Waals surface area (Å²) in [5.74, 6) is -0.153. The van der Waals surface area contributed by atoms with Gasteiger partial charge in [-0.15, -0.1) is 0 Å². The number of nitrogens with one attached hydrogen (secondary N) is 1. The molecule has 0 aromatic rings. The van der Waals surface area contributed by atoms with Crippen LogP contribution in [0.4, 0.5) is 0 Å². The van der Waals surface area contributed by atoms with Crippen molar-refractivity contribution in [1.82, 2.24) is 5.32 Å². The van der Waals surface area contributed by atoms with Crippen LogP contribution in [0, 0.1) is 0 Å². The third kappa shape index (κ3) is 6.86. The molecule has 0 atom stereocenters. The molecule has 84 valence electrons. The molecule has 0 spiro atoms. The van der Waals surface area contributed by atoms with Crippen LogP contribution in [0.1, 0.15) is 13.8 Å². The molecule has 0 aromatic carbocycles. The number of likely N-dealkylation sites (N-methyl/N-ethyl adjacent to an activating group) is 1. The lowest BCUT2D eigenvalue weighted by Gasteiger charge is -2.28.